The lowest BCUT2D eigenvalue weighted by Gasteiger charge is -2.56. The van der Waals surface area contributed by atoms with Gasteiger partial charge in [-0.25, -0.2) is 0 Å². The number of ketones is 1. The zero-order valence-corrected chi connectivity index (χ0v) is 14.5. The minimum Gasteiger partial charge on any atom is -0.851 e. The number of allylic oxidation sites excluding steroid dienone is 2. The van der Waals surface area contributed by atoms with Crippen LogP contribution < -0.4 is 5.11 Å². The van der Waals surface area contributed by atoms with Gasteiger partial charge in [0.05, 0.1) is 0 Å². The van der Waals surface area contributed by atoms with E-state index < -0.39 is 6.10 Å². The summed E-state index contributed by atoms with van der Waals surface area (Å²) in [5.74, 6) is 0.243. The highest BCUT2D eigenvalue weighted by Crippen LogP contribution is 2.49. The van der Waals surface area contributed by atoms with Crippen molar-refractivity contribution in [2.75, 3.05) is 0 Å². The van der Waals surface area contributed by atoms with E-state index in [1.807, 2.05) is 30.3 Å². The number of carbonyl (C=O) groups is 1. The van der Waals surface area contributed by atoms with E-state index in [2.05, 4.69) is 39.8 Å². The van der Waals surface area contributed by atoms with Crippen LogP contribution in [0.5, 0.6) is 0 Å². The van der Waals surface area contributed by atoms with E-state index in [-0.39, 0.29) is 40.8 Å². The van der Waals surface area contributed by atoms with Crippen LogP contribution in [0.4, 0.5) is 0 Å². The van der Waals surface area contributed by atoms with E-state index in [4.69, 9.17) is 0 Å². The zero-order chi connectivity index (χ0) is 16.8. The molecule has 3 rings (SSSR count). The van der Waals surface area contributed by atoms with Crippen LogP contribution >= 0.6 is 0 Å². The molecule has 0 bridgehead atoms. The SMILES string of the molecule is CC1C=CC(C)(C)CC1C(=O)C1C(C)C(c2ccccc2)C1[O-]. The maximum atomic E-state index is 13.0. The lowest BCUT2D eigenvalue weighted by molar-refractivity contribution is -0.463. The van der Waals surface area contributed by atoms with Crippen LogP contribution in [0, 0.1) is 29.1 Å². The predicted octanol–water partition coefficient (Wildman–Crippen LogP) is 3.57. The molecule has 124 valence electrons. The molecule has 23 heavy (non-hydrogen) atoms. The molecule has 0 radical (unpaired) electrons. The average Bonchev–Trinajstić information content (AvgIpc) is 2.51. The van der Waals surface area contributed by atoms with Crippen molar-refractivity contribution in [1.82, 2.24) is 0 Å². The van der Waals surface area contributed by atoms with Crippen LogP contribution in [0.15, 0.2) is 42.5 Å². The van der Waals surface area contributed by atoms with Crippen LogP contribution in [0.25, 0.3) is 0 Å². The van der Waals surface area contributed by atoms with E-state index >= 15 is 0 Å². The second kappa shape index (κ2) is 5.90. The number of hydrogen-bond acceptors (Lipinski definition) is 2. The van der Waals surface area contributed by atoms with Crippen LogP contribution in [0.3, 0.4) is 0 Å². The highest BCUT2D eigenvalue weighted by molar-refractivity contribution is 5.86. The van der Waals surface area contributed by atoms with E-state index in [0.717, 1.165) is 12.0 Å². The average molecular weight is 311 g/mol. The van der Waals surface area contributed by atoms with Gasteiger partial charge in [0.15, 0.2) is 0 Å². The molecule has 6 unspecified atom stereocenters. The summed E-state index contributed by atoms with van der Waals surface area (Å²) in [6.45, 7) is 8.51. The first-order chi connectivity index (χ1) is 10.8. The normalized spacial score (nSPS) is 38.8. The Hall–Kier alpha value is -1.41. The molecule has 0 aromatic heterocycles. The molecule has 0 aliphatic heterocycles. The molecule has 1 fully saturated rings. The van der Waals surface area contributed by atoms with Gasteiger partial charge >= 0.3 is 0 Å². The predicted molar refractivity (Wildman–Crippen MR) is 90.8 cm³/mol. The summed E-state index contributed by atoms with van der Waals surface area (Å²) >= 11 is 0. The molecule has 2 heteroatoms. The lowest BCUT2D eigenvalue weighted by atomic mass is 9.56. The van der Waals surface area contributed by atoms with E-state index in [1.54, 1.807) is 0 Å². The molecular weight excluding hydrogens is 284 g/mol. The Labute approximate surface area is 139 Å². The fraction of sp³-hybridized carbons (Fsp3) is 0.571. The van der Waals surface area contributed by atoms with Gasteiger partial charge in [-0.3, -0.25) is 4.79 Å². The van der Waals surface area contributed by atoms with Gasteiger partial charge in [-0.2, -0.15) is 0 Å². The van der Waals surface area contributed by atoms with Gasteiger partial charge in [-0.1, -0.05) is 70.2 Å². The van der Waals surface area contributed by atoms with E-state index in [1.165, 1.54) is 0 Å². The summed E-state index contributed by atoms with van der Waals surface area (Å²) in [5, 5.41) is 12.8. The topological polar surface area (TPSA) is 40.1 Å². The van der Waals surface area contributed by atoms with Crippen LogP contribution in [-0.2, 0) is 4.79 Å². The largest absolute Gasteiger partial charge is 0.851 e. The fourth-order valence-corrected chi connectivity index (χ4v) is 4.46. The monoisotopic (exact) mass is 311 g/mol. The van der Waals surface area contributed by atoms with Crippen molar-refractivity contribution in [3.8, 4) is 0 Å². The quantitative estimate of drug-likeness (QED) is 0.801. The van der Waals surface area contributed by atoms with Gasteiger partial charge in [0.2, 0.25) is 0 Å². The van der Waals surface area contributed by atoms with Gasteiger partial charge in [-0.05, 0) is 35.2 Å². The third kappa shape index (κ3) is 2.89. The molecule has 2 nitrogen and oxygen atoms in total. The Balaban J connectivity index is 1.76. The highest BCUT2D eigenvalue weighted by atomic mass is 16.3. The molecule has 0 N–H and O–H groups in total. The number of hydrogen-bond donors (Lipinski definition) is 0. The molecule has 6 atom stereocenters. The molecule has 0 heterocycles. The summed E-state index contributed by atoms with van der Waals surface area (Å²) in [7, 11) is 0. The lowest BCUT2D eigenvalue weighted by Crippen LogP contribution is -2.60. The van der Waals surface area contributed by atoms with Gasteiger partial charge in [0.1, 0.15) is 5.78 Å². The molecule has 0 saturated heterocycles. The van der Waals surface area contributed by atoms with Gasteiger partial charge < -0.3 is 5.11 Å². The second-order valence-electron chi connectivity index (χ2n) is 8.21. The van der Waals surface area contributed by atoms with Crippen molar-refractivity contribution in [3.05, 3.63) is 48.0 Å². The van der Waals surface area contributed by atoms with Crippen LogP contribution in [0.2, 0.25) is 0 Å². The Morgan fingerprint density at radius 2 is 1.83 bits per heavy atom. The number of rotatable bonds is 3. The van der Waals surface area contributed by atoms with E-state index in [0.29, 0.717) is 0 Å². The summed E-state index contributed by atoms with van der Waals surface area (Å²) in [6, 6.07) is 9.94. The molecule has 0 amide bonds. The molecule has 1 aromatic rings. The van der Waals surface area contributed by atoms with Crippen LogP contribution in [-0.4, -0.2) is 11.9 Å². The smallest absolute Gasteiger partial charge is 0.138 e. The summed E-state index contributed by atoms with van der Waals surface area (Å²) in [5.41, 5.74) is 1.14. The fourth-order valence-electron chi connectivity index (χ4n) is 4.46. The minimum atomic E-state index is -0.791. The number of carbonyl (C=O) groups excluding carboxylic acids is 1. The molecular formula is C21H27O2-. The van der Waals surface area contributed by atoms with E-state index in [9.17, 15) is 9.90 Å². The van der Waals surface area contributed by atoms with Crippen molar-refractivity contribution >= 4 is 5.78 Å². The maximum Gasteiger partial charge on any atom is 0.138 e. The minimum absolute atomic E-state index is 0.00405. The Kier molecular flexibility index (Phi) is 4.22. The second-order valence-corrected chi connectivity index (χ2v) is 8.21. The summed E-state index contributed by atoms with van der Waals surface area (Å²) in [4.78, 5) is 13.0. The Bertz CT molecular complexity index is 592. The standard InChI is InChI=1S/C21H27O2/c1-13-10-11-21(3,4)12-16(13)19(22)18-14(2)17(20(18)23)15-8-6-5-7-9-15/h5-11,13-14,16-18,20H,12H2,1-4H3/q-1. The first-order valence-corrected chi connectivity index (χ1v) is 8.76. The zero-order valence-electron chi connectivity index (χ0n) is 14.5. The molecule has 2 aliphatic rings. The molecule has 1 saturated carbocycles. The van der Waals surface area contributed by atoms with Crippen LogP contribution in [0.1, 0.15) is 45.6 Å². The van der Waals surface area contributed by atoms with Gasteiger partial charge in [0, 0.05) is 11.8 Å². The Morgan fingerprint density at radius 1 is 1.17 bits per heavy atom. The van der Waals surface area contributed by atoms with Gasteiger partial charge in [-0.15, -0.1) is 6.10 Å². The Morgan fingerprint density at radius 3 is 2.43 bits per heavy atom. The van der Waals surface area contributed by atoms with Crippen molar-refractivity contribution in [2.45, 2.75) is 46.1 Å². The molecule has 1 aromatic carbocycles. The molecule has 0 spiro atoms. The highest BCUT2D eigenvalue weighted by Gasteiger charge is 2.48. The first kappa shape index (κ1) is 16.4. The maximum absolute atomic E-state index is 13.0. The third-order valence-electron chi connectivity index (χ3n) is 5.95. The summed E-state index contributed by atoms with van der Waals surface area (Å²) < 4.78 is 0. The van der Waals surface area contributed by atoms with Crippen molar-refractivity contribution in [1.29, 1.82) is 0 Å². The number of Topliss-reactive ketones (excluding diaryl/α,β-unsaturated/α-hetero) is 1. The molecule has 2 aliphatic carbocycles. The van der Waals surface area contributed by atoms with Crippen molar-refractivity contribution in [2.24, 2.45) is 29.1 Å². The van der Waals surface area contributed by atoms with Gasteiger partial charge in [0.25, 0.3) is 0 Å². The van der Waals surface area contributed by atoms with Crippen molar-refractivity contribution < 1.29 is 9.90 Å². The summed E-state index contributed by atoms with van der Waals surface area (Å²) in [6.07, 6.45) is 4.44. The third-order valence-corrected chi connectivity index (χ3v) is 5.95. The number of benzene rings is 1. The first-order valence-electron chi connectivity index (χ1n) is 8.76. The van der Waals surface area contributed by atoms with Crippen molar-refractivity contribution in [3.63, 3.8) is 0 Å².